The Bertz CT molecular complexity index is 371. The van der Waals surface area contributed by atoms with Crippen LogP contribution in [0.25, 0.3) is 0 Å². The third kappa shape index (κ3) is 2.21. The fourth-order valence-corrected chi connectivity index (χ4v) is 2.44. The molecule has 0 aromatic carbocycles. The highest BCUT2D eigenvalue weighted by Crippen LogP contribution is 2.28. The van der Waals surface area contributed by atoms with Crippen molar-refractivity contribution in [2.24, 2.45) is 0 Å². The van der Waals surface area contributed by atoms with Crippen LogP contribution in [0.3, 0.4) is 0 Å². The van der Waals surface area contributed by atoms with Crippen molar-refractivity contribution in [3.63, 3.8) is 0 Å². The van der Waals surface area contributed by atoms with E-state index in [0.717, 1.165) is 13.0 Å². The van der Waals surface area contributed by atoms with Crippen LogP contribution in [-0.2, 0) is 12.8 Å². The lowest BCUT2D eigenvalue weighted by Gasteiger charge is -2.13. The molecule has 0 radical (unpaired) electrons. The maximum Gasteiger partial charge on any atom is 0.132 e. The molecule has 1 aliphatic rings. The maximum atomic E-state index is 4.79. The molecular formula is C14H22N2. The predicted molar refractivity (Wildman–Crippen MR) is 69.2 cm³/mol. The van der Waals surface area contributed by atoms with Gasteiger partial charge in [0.1, 0.15) is 5.82 Å². The van der Waals surface area contributed by atoms with E-state index in [-0.39, 0.29) is 0 Å². The van der Waals surface area contributed by atoms with Gasteiger partial charge in [0.15, 0.2) is 0 Å². The average Bonchev–Trinajstić information content (AvgIpc) is 2.62. The number of pyridine rings is 1. The topological polar surface area (TPSA) is 16.1 Å². The van der Waals surface area contributed by atoms with Gasteiger partial charge < -0.3 is 4.90 Å². The summed E-state index contributed by atoms with van der Waals surface area (Å²) in [5.74, 6) is 1.23. The minimum Gasteiger partial charge on any atom is -0.359 e. The highest BCUT2D eigenvalue weighted by atomic mass is 15.2. The third-order valence-corrected chi connectivity index (χ3v) is 3.47. The largest absolute Gasteiger partial charge is 0.359 e. The van der Waals surface area contributed by atoms with Crippen LogP contribution in [0.1, 0.15) is 43.0 Å². The molecule has 0 N–H and O–H groups in total. The molecule has 1 aliphatic heterocycles. The number of nitrogens with zero attached hydrogens (tertiary/aromatic N) is 2. The van der Waals surface area contributed by atoms with Gasteiger partial charge in [0, 0.05) is 19.3 Å². The summed E-state index contributed by atoms with van der Waals surface area (Å²) >= 11 is 0. The lowest BCUT2D eigenvalue weighted by Crippen LogP contribution is -2.14. The number of unbranched alkanes of at least 4 members (excludes halogenated alkanes) is 2. The summed E-state index contributed by atoms with van der Waals surface area (Å²) in [5.41, 5.74) is 4.17. The molecule has 2 rings (SSSR count). The first-order valence-corrected chi connectivity index (χ1v) is 6.43. The highest BCUT2D eigenvalue weighted by Gasteiger charge is 2.19. The Labute approximate surface area is 98.7 Å². The molecule has 0 atom stereocenters. The van der Waals surface area contributed by atoms with Crippen molar-refractivity contribution in [2.75, 3.05) is 18.5 Å². The van der Waals surface area contributed by atoms with E-state index < -0.39 is 0 Å². The maximum absolute atomic E-state index is 4.79. The van der Waals surface area contributed by atoms with Crippen LogP contribution < -0.4 is 4.90 Å². The van der Waals surface area contributed by atoms with E-state index in [1.54, 1.807) is 0 Å². The van der Waals surface area contributed by atoms with Crippen molar-refractivity contribution in [3.8, 4) is 0 Å². The van der Waals surface area contributed by atoms with Crippen molar-refractivity contribution < 1.29 is 0 Å². The smallest absolute Gasteiger partial charge is 0.132 e. The summed E-state index contributed by atoms with van der Waals surface area (Å²) in [5, 5.41) is 0. The molecular weight excluding hydrogens is 196 g/mol. The fraction of sp³-hybridized carbons (Fsp3) is 0.643. The van der Waals surface area contributed by atoms with Crippen LogP contribution >= 0.6 is 0 Å². The first kappa shape index (κ1) is 11.4. The minimum absolute atomic E-state index is 1.13. The summed E-state index contributed by atoms with van der Waals surface area (Å²) in [6, 6.07) is 2.29. The van der Waals surface area contributed by atoms with Crippen molar-refractivity contribution >= 4 is 5.82 Å². The number of hydrogen-bond acceptors (Lipinski definition) is 2. The van der Waals surface area contributed by atoms with E-state index >= 15 is 0 Å². The van der Waals surface area contributed by atoms with Gasteiger partial charge in [-0.25, -0.2) is 4.98 Å². The van der Waals surface area contributed by atoms with Gasteiger partial charge in [0.25, 0.3) is 0 Å². The quantitative estimate of drug-likeness (QED) is 0.722. The van der Waals surface area contributed by atoms with Crippen LogP contribution in [0.15, 0.2) is 6.07 Å². The second-order valence-electron chi connectivity index (χ2n) is 4.86. The van der Waals surface area contributed by atoms with Crippen LogP contribution in [0, 0.1) is 6.92 Å². The molecule has 1 aromatic heterocycles. The van der Waals surface area contributed by atoms with Gasteiger partial charge >= 0.3 is 0 Å². The monoisotopic (exact) mass is 218 g/mol. The fourth-order valence-electron chi connectivity index (χ4n) is 2.44. The van der Waals surface area contributed by atoms with E-state index in [1.165, 1.54) is 48.3 Å². The van der Waals surface area contributed by atoms with Gasteiger partial charge in [0.05, 0.1) is 0 Å². The summed E-state index contributed by atoms with van der Waals surface area (Å²) in [6.07, 6.45) is 6.17. The Hall–Kier alpha value is -1.05. The van der Waals surface area contributed by atoms with E-state index in [1.807, 2.05) is 0 Å². The van der Waals surface area contributed by atoms with E-state index in [9.17, 15) is 0 Å². The summed E-state index contributed by atoms with van der Waals surface area (Å²) in [7, 11) is 2.15. The SMILES string of the molecule is CCCCCc1cc(C)c2c(n1)N(C)CC2. The number of hydrogen-bond donors (Lipinski definition) is 0. The molecule has 0 fully saturated rings. The standard InChI is InChI=1S/C14H22N2/c1-4-5-6-7-12-10-11(2)13-8-9-16(3)14(13)15-12/h10H,4-9H2,1-3H3. The van der Waals surface area contributed by atoms with Crippen molar-refractivity contribution in [3.05, 3.63) is 22.9 Å². The summed E-state index contributed by atoms with van der Waals surface area (Å²) < 4.78 is 0. The van der Waals surface area contributed by atoms with Gasteiger partial charge in [-0.1, -0.05) is 19.8 Å². The molecule has 2 heteroatoms. The Morgan fingerprint density at radius 2 is 2.19 bits per heavy atom. The number of rotatable bonds is 4. The molecule has 16 heavy (non-hydrogen) atoms. The second kappa shape index (κ2) is 4.86. The Balaban J connectivity index is 2.16. The number of aryl methyl sites for hydroxylation is 2. The lowest BCUT2D eigenvalue weighted by atomic mass is 10.1. The van der Waals surface area contributed by atoms with E-state index in [4.69, 9.17) is 4.98 Å². The molecule has 2 nitrogen and oxygen atoms in total. The number of likely N-dealkylation sites (N-methyl/N-ethyl adjacent to an activating group) is 1. The Kier molecular flexibility index (Phi) is 3.47. The van der Waals surface area contributed by atoms with Gasteiger partial charge in [-0.3, -0.25) is 0 Å². The van der Waals surface area contributed by atoms with Crippen LogP contribution in [0.5, 0.6) is 0 Å². The predicted octanol–water partition coefficient (Wildman–Crippen LogP) is 3.12. The molecule has 0 spiro atoms. The van der Waals surface area contributed by atoms with Crippen molar-refractivity contribution in [1.82, 2.24) is 4.98 Å². The summed E-state index contributed by atoms with van der Waals surface area (Å²) in [6.45, 7) is 5.60. The number of anilines is 1. The first-order chi connectivity index (χ1) is 7.72. The number of fused-ring (bicyclic) bond motifs is 1. The molecule has 88 valence electrons. The Morgan fingerprint density at radius 1 is 1.38 bits per heavy atom. The molecule has 1 aromatic rings. The van der Waals surface area contributed by atoms with Crippen LogP contribution in [-0.4, -0.2) is 18.6 Å². The number of aromatic nitrogens is 1. The Morgan fingerprint density at radius 3 is 2.94 bits per heavy atom. The second-order valence-corrected chi connectivity index (χ2v) is 4.86. The van der Waals surface area contributed by atoms with E-state index in [0.29, 0.717) is 0 Å². The highest BCUT2D eigenvalue weighted by molar-refractivity contribution is 5.55. The molecule has 0 amide bonds. The van der Waals surface area contributed by atoms with Gasteiger partial charge in [0.2, 0.25) is 0 Å². The zero-order chi connectivity index (χ0) is 11.5. The first-order valence-electron chi connectivity index (χ1n) is 6.43. The molecule has 0 bridgehead atoms. The van der Waals surface area contributed by atoms with Gasteiger partial charge in [-0.15, -0.1) is 0 Å². The van der Waals surface area contributed by atoms with E-state index in [2.05, 4.69) is 31.9 Å². The third-order valence-electron chi connectivity index (χ3n) is 3.47. The normalized spacial score (nSPS) is 14.3. The minimum atomic E-state index is 1.13. The zero-order valence-electron chi connectivity index (χ0n) is 10.7. The molecule has 0 aliphatic carbocycles. The van der Waals surface area contributed by atoms with Gasteiger partial charge in [-0.2, -0.15) is 0 Å². The molecule has 0 saturated heterocycles. The average molecular weight is 218 g/mol. The van der Waals surface area contributed by atoms with Crippen LogP contribution in [0.2, 0.25) is 0 Å². The molecule has 0 unspecified atom stereocenters. The van der Waals surface area contributed by atoms with Crippen molar-refractivity contribution in [1.29, 1.82) is 0 Å². The molecule has 0 saturated carbocycles. The molecule has 2 heterocycles. The summed E-state index contributed by atoms with van der Waals surface area (Å²) in [4.78, 5) is 7.08. The van der Waals surface area contributed by atoms with Gasteiger partial charge in [-0.05, 0) is 43.4 Å². The lowest BCUT2D eigenvalue weighted by molar-refractivity contribution is 0.706. The van der Waals surface area contributed by atoms with Crippen LogP contribution in [0.4, 0.5) is 5.82 Å². The zero-order valence-corrected chi connectivity index (χ0v) is 10.7. The van der Waals surface area contributed by atoms with Crippen molar-refractivity contribution in [2.45, 2.75) is 46.0 Å².